The second-order valence-corrected chi connectivity index (χ2v) is 3.39. The van der Waals surface area contributed by atoms with Gasteiger partial charge in [0.15, 0.2) is 0 Å². The topological polar surface area (TPSA) is 30.0 Å². The minimum absolute atomic E-state index is 0.153. The summed E-state index contributed by atoms with van der Waals surface area (Å²) in [5, 5.41) is 0.153. The fourth-order valence-corrected chi connectivity index (χ4v) is 1.39. The number of rotatable bonds is 1. The highest BCUT2D eigenvalue weighted by atomic mass is 19.4. The molecule has 0 aliphatic rings. The number of carbonyl (C=O) groups excluding carboxylic acids is 1. The number of fused-ring (bicyclic) bond motifs is 1. The van der Waals surface area contributed by atoms with E-state index in [0.717, 1.165) is 24.4 Å². The molecule has 0 aliphatic carbocycles. The van der Waals surface area contributed by atoms with Crippen molar-refractivity contribution in [1.29, 1.82) is 0 Å². The van der Waals surface area contributed by atoms with Crippen molar-refractivity contribution in [1.82, 2.24) is 4.98 Å². The smallest absolute Gasteiger partial charge is 0.284 e. The fourth-order valence-electron chi connectivity index (χ4n) is 1.39. The molecule has 0 saturated carbocycles. The third-order valence-corrected chi connectivity index (χ3v) is 2.16. The maximum absolute atomic E-state index is 12.9. The minimum atomic E-state index is -4.96. The van der Waals surface area contributed by atoms with Crippen LogP contribution >= 0.6 is 0 Å². The van der Waals surface area contributed by atoms with E-state index in [1.165, 1.54) is 6.07 Å². The number of hydrogen-bond donors (Lipinski definition) is 0. The van der Waals surface area contributed by atoms with Gasteiger partial charge in [-0.3, -0.25) is 9.78 Å². The molecule has 0 fully saturated rings. The first-order chi connectivity index (χ1) is 7.88. The Labute approximate surface area is 92.9 Å². The maximum Gasteiger partial charge on any atom is 0.454 e. The summed E-state index contributed by atoms with van der Waals surface area (Å²) in [7, 11) is 0. The Morgan fingerprint density at radius 2 is 1.88 bits per heavy atom. The van der Waals surface area contributed by atoms with Gasteiger partial charge in [0.25, 0.3) is 5.78 Å². The van der Waals surface area contributed by atoms with E-state index < -0.39 is 23.3 Å². The lowest BCUT2D eigenvalue weighted by Gasteiger charge is -2.05. The Kier molecular flexibility index (Phi) is 2.57. The molecule has 2 nitrogen and oxygen atoms in total. The van der Waals surface area contributed by atoms with Crippen LogP contribution in [-0.4, -0.2) is 16.9 Å². The fraction of sp³-hybridized carbons (Fsp3) is 0.0909. The molecule has 0 N–H and O–H groups in total. The molecule has 0 spiro atoms. The van der Waals surface area contributed by atoms with Crippen molar-refractivity contribution in [2.75, 3.05) is 0 Å². The SMILES string of the molecule is O=C(c1cnc2ccc(F)cc2c1)C(F)(F)F. The summed E-state index contributed by atoms with van der Waals surface area (Å²) in [5.74, 6) is -2.59. The number of nitrogens with zero attached hydrogens (tertiary/aromatic N) is 1. The van der Waals surface area contributed by atoms with E-state index in [-0.39, 0.29) is 5.39 Å². The molecule has 88 valence electrons. The molecule has 1 aromatic heterocycles. The largest absolute Gasteiger partial charge is 0.454 e. The molecule has 0 amide bonds. The summed E-state index contributed by atoms with van der Waals surface area (Å²) in [5.41, 5.74) is -0.277. The van der Waals surface area contributed by atoms with Crippen LogP contribution in [0.4, 0.5) is 17.6 Å². The number of hydrogen-bond acceptors (Lipinski definition) is 2. The van der Waals surface area contributed by atoms with Crippen LogP contribution in [0.15, 0.2) is 30.5 Å². The number of ketones is 1. The Morgan fingerprint density at radius 3 is 2.53 bits per heavy atom. The van der Waals surface area contributed by atoms with E-state index in [1.807, 2.05) is 0 Å². The zero-order chi connectivity index (χ0) is 12.6. The van der Waals surface area contributed by atoms with Gasteiger partial charge in [0.2, 0.25) is 0 Å². The quantitative estimate of drug-likeness (QED) is 0.569. The Hall–Kier alpha value is -1.98. The van der Waals surface area contributed by atoms with Crippen LogP contribution in [0.3, 0.4) is 0 Å². The van der Waals surface area contributed by atoms with Crippen molar-refractivity contribution < 1.29 is 22.4 Å². The van der Waals surface area contributed by atoms with E-state index in [9.17, 15) is 22.4 Å². The molecule has 17 heavy (non-hydrogen) atoms. The Balaban J connectivity index is 2.54. The van der Waals surface area contributed by atoms with Gasteiger partial charge in [-0.05, 0) is 24.3 Å². The van der Waals surface area contributed by atoms with Crippen molar-refractivity contribution in [2.45, 2.75) is 6.18 Å². The van der Waals surface area contributed by atoms with Crippen molar-refractivity contribution in [3.05, 3.63) is 41.8 Å². The summed E-state index contributed by atoms with van der Waals surface area (Å²) < 4.78 is 49.4. The zero-order valence-corrected chi connectivity index (χ0v) is 8.25. The van der Waals surface area contributed by atoms with E-state index in [1.54, 1.807) is 0 Å². The van der Waals surface area contributed by atoms with Gasteiger partial charge in [0.1, 0.15) is 5.82 Å². The highest BCUT2D eigenvalue weighted by Gasteiger charge is 2.39. The maximum atomic E-state index is 12.9. The molecular formula is C11H5F4NO. The summed E-state index contributed by atoms with van der Waals surface area (Å²) >= 11 is 0. The number of benzene rings is 1. The van der Waals surface area contributed by atoms with Gasteiger partial charge in [-0.1, -0.05) is 0 Å². The molecular weight excluding hydrogens is 238 g/mol. The number of halogens is 4. The van der Waals surface area contributed by atoms with E-state index in [0.29, 0.717) is 5.52 Å². The number of carbonyl (C=O) groups is 1. The zero-order valence-electron chi connectivity index (χ0n) is 8.25. The average Bonchev–Trinajstić information content (AvgIpc) is 2.25. The van der Waals surface area contributed by atoms with Crippen LogP contribution in [-0.2, 0) is 0 Å². The van der Waals surface area contributed by atoms with E-state index in [4.69, 9.17) is 0 Å². The number of Topliss-reactive ketones (excluding diaryl/α,β-unsaturated/α-hetero) is 1. The van der Waals surface area contributed by atoms with Crippen LogP contribution in [0.5, 0.6) is 0 Å². The Morgan fingerprint density at radius 1 is 1.18 bits per heavy atom. The van der Waals surface area contributed by atoms with Crippen LogP contribution in [0.1, 0.15) is 10.4 Å². The van der Waals surface area contributed by atoms with Gasteiger partial charge in [-0.25, -0.2) is 4.39 Å². The minimum Gasteiger partial charge on any atom is -0.284 e. The van der Waals surface area contributed by atoms with Crippen LogP contribution in [0.2, 0.25) is 0 Å². The highest BCUT2D eigenvalue weighted by molar-refractivity contribution is 6.02. The second-order valence-electron chi connectivity index (χ2n) is 3.39. The first kappa shape index (κ1) is 11.5. The molecule has 0 aliphatic heterocycles. The normalized spacial score (nSPS) is 11.8. The molecule has 0 unspecified atom stereocenters. The van der Waals surface area contributed by atoms with Crippen molar-refractivity contribution in [2.24, 2.45) is 0 Å². The molecule has 0 bridgehead atoms. The van der Waals surface area contributed by atoms with E-state index in [2.05, 4.69) is 4.98 Å². The molecule has 0 radical (unpaired) electrons. The molecule has 1 heterocycles. The van der Waals surface area contributed by atoms with Crippen molar-refractivity contribution >= 4 is 16.7 Å². The van der Waals surface area contributed by atoms with Gasteiger partial charge >= 0.3 is 6.18 Å². The average molecular weight is 243 g/mol. The Bertz CT molecular complexity index is 592. The van der Waals surface area contributed by atoms with Gasteiger partial charge < -0.3 is 0 Å². The standard InChI is InChI=1S/C11H5F4NO/c12-8-1-2-9-6(4-8)3-7(5-16-9)10(17)11(13,14)15/h1-5H. The first-order valence-electron chi connectivity index (χ1n) is 4.55. The van der Waals surface area contributed by atoms with Gasteiger partial charge in [-0.15, -0.1) is 0 Å². The third-order valence-electron chi connectivity index (χ3n) is 2.16. The lowest BCUT2D eigenvalue weighted by molar-refractivity contribution is -0.0885. The second kappa shape index (κ2) is 3.80. The lowest BCUT2D eigenvalue weighted by Crippen LogP contribution is -2.22. The number of aromatic nitrogens is 1. The van der Waals surface area contributed by atoms with Crippen molar-refractivity contribution in [3.8, 4) is 0 Å². The van der Waals surface area contributed by atoms with E-state index >= 15 is 0 Å². The molecule has 6 heteroatoms. The molecule has 0 atom stereocenters. The predicted octanol–water partition coefficient (Wildman–Crippen LogP) is 3.12. The number of alkyl halides is 3. The molecule has 2 aromatic rings. The van der Waals surface area contributed by atoms with Gasteiger partial charge in [0.05, 0.1) is 5.52 Å². The van der Waals surface area contributed by atoms with Crippen LogP contribution in [0, 0.1) is 5.82 Å². The third kappa shape index (κ3) is 2.25. The summed E-state index contributed by atoms with van der Waals surface area (Å²) in [6, 6.07) is 4.46. The van der Waals surface area contributed by atoms with Gasteiger partial charge in [-0.2, -0.15) is 13.2 Å². The highest BCUT2D eigenvalue weighted by Crippen LogP contribution is 2.23. The summed E-state index contributed by atoms with van der Waals surface area (Å²) in [4.78, 5) is 14.6. The lowest BCUT2D eigenvalue weighted by atomic mass is 10.1. The first-order valence-corrected chi connectivity index (χ1v) is 4.55. The predicted molar refractivity (Wildman–Crippen MR) is 52.1 cm³/mol. The number of pyridine rings is 1. The monoisotopic (exact) mass is 243 g/mol. The van der Waals surface area contributed by atoms with Crippen molar-refractivity contribution in [3.63, 3.8) is 0 Å². The van der Waals surface area contributed by atoms with Gasteiger partial charge in [0, 0.05) is 17.1 Å². The molecule has 0 saturated heterocycles. The summed E-state index contributed by atoms with van der Waals surface area (Å²) in [6.45, 7) is 0. The van der Waals surface area contributed by atoms with Crippen LogP contribution in [0.25, 0.3) is 10.9 Å². The molecule has 1 aromatic carbocycles. The molecule has 2 rings (SSSR count). The summed E-state index contributed by atoms with van der Waals surface area (Å²) in [6.07, 6.45) is -4.13. The van der Waals surface area contributed by atoms with Crippen LogP contribution < -0.4 is 0 Å².